The minimum atomic E-state index is -0.755. The molecule has 2 aromatic carbocycles. The molecule has 0 radical (unpaired) electrons. The van der Waals surface area contributed by atoms with E-state index in [1.54, 1.807) is 18.2 Å². The number of anilines is 1. The van der Waals surface area contributed by atoms with E-state index in [0.717, 1.165) is 16.8 Å². The first kappa shape index (κ1) is 18.1. The first-order valence-corrected chi connectivity index (χ1v) is 9.33. The van der Waals surface area contributed by atoms with Crippen molar-refractivity contribution in [3.63, 3.8) is 0 Å². The Labute approximate surface area is 157 Å². The second-order valence-corrected chi connectivity index (χ2v) is 7.77. The highest BCUT2D eigenvalue weighted by molar-refractivity contribution is 7.13. The van der Waals surface area contributed by atoms with Gasteiger partial charge in [-0.3, -0.25) is 4.79 Å². The summed E-state index contributed by atoms with van der Waals surface area (Å²) in [5.74, 6) is -0.129. The number of nitrogens with zero attached hydrogens (tertiary/aromatic N) is 1. The van der Waals surface area contributed by atoms with Crippen molar-refractivity contribution in [1.29, 1.82) is 0 Å². The maximum absolute atomic E-state index is 13.1. The van der Waals surface area contributed by atoms with E-state index in [-0.39, 0.29) is 17.6 Å². The average Bonchev–Trinajstić information content (AvgIpc) is 3.01. The second-order valence-electron chi connectivity index (χ2n) is 6.91. The van der Waals surface area contributed by atoms with Gasteiger partial charge in [-0.2, -0.15) is 0 Å². The van der Waals surface area contributed by atoms with Gasteiger partial charge < -0.3 is 10.4 Å². The summed E-state index contributed by atoms with van der Waals surface area (Å²) in [5, 5.41) is 15.4. The molecule has 0 saturated heterocycles. The number of carbonyl (C=O) groups is 1. The van der Waals surface area contributed by atoms with Gasteiger partial charge in [0.2, 0.25) is 5.91 Å². The molecule has 5 heteroatoms. The Morgan fingerprint density at radius 2 is 1.81 bits per heavy atom. The van der Waals surface area contributed by atoms with Crippen LogP contribution in [0, 0.1) is 12.3 Å². The van der Waals surface area contributed by atoms with Crippen LogP contribution in [-0.4, -0.2) is 16.0 Å². The van der Waals surface area contributed by atoms with E-state index in [1.807, 2.05) is 62.5 Å². The van der Waals surface area contributed by atoms with Crippen LogP contribution in [0.1, 0.15) is 36.6 Å². The molecule has 1 aromatic heterocycles. The molecular formula is C21H22N2O2S. The molecule has 0 aliphatic carbocycles. The lowest BCUT2D eigenvalue weighted by atomic mass is 9.70. The normalized spacial score (nSPS) is 12.6. The SMILES string of the molecule is Cc1csc(NC(=O)C(C)(C)C(c2ccccc2)c2cccc(O)c2)n1. The van der Waals surface area contributed by atoms with Crippen molar-refractivity contribution in [2.75, 3.05) is 5.32 Å². The molecule has 1 unspecified atom stereocenters. The van der Waals surface area contributed by atoms with Crippen molar-refractivity contribution >= 4 is 22.4 Å². The van der Waals surface area contributed by atoms with Crippen LogP contribution in [0.5, 0.6) is 5.75 Å². The zero-order valence-electron chi connectivity index (χ0n) is 15.1. The molecule has 2 N–H and O–H groups in total. The molecule has 0 spiro atoms. The Bertz CT molecular complexity index is 903. The first-order chi connectivity index (χ1) is 12.4. The summed E-state index contributed by atoms with van der Waals surface area (Å²) in [7, 11) is 0. The number of hydrogen-bond acceptors (Lipinski definition) is 4. The summed E-state index contributed by atoms with van der Waals surface area (Å²) >= 11 is 1.42. The molecule has 26 heavy (non-hydrogen) atoms. The molecule has 3 aromatic rings. The van der Waals surface area contributed by atoms with E-state index in [9.17, 15) is 9.90 Å². The van der Waals surface area contributed by atoms with E-state index in [2.05, 4.69) is 10.3 Å². The van der Waals surface area contributed by atoms with Gasteiger partial charge in [0.25, 0.3) is 0 Å². The minimum absolute atomic E-state index is 0.107. The van der Waals surface area contributed by atoms with Gasteiger partial charge in [-0.05, 0) is 30.2 Å². The largest absolute Gasteiger partial charge is 0.508 e. The number of aromatic nitrogens is 1. The molecule has 1 heterocycles. The molecule has 0 bridgehead atoms. The number of phenolic OH excluding ortho intramolecular Hbond substituents is 1. The minimum Gasteiger partial charge on any atom is -0.508 e. The van der Waals surface area contributed by atoms with Crippen molar-refractivity contribution in [2.45, 2.75) is 26.7 Å². The molecule has 1 atom stereocenters. The maximum Gasteiger partial charge on any atom is 0.232 e. The number of phenols is 1. The van der Waals surface area contributed by atoms with Gasteiger partial charge in [0, 0.05) is 11.3 Å². The monoisotopic (exact) mass is 366 g/mol. The van der Waals surface area contributed by atoms with Gasteiger partial charge in [-0.25, -0.2) is 4.98 Å². The molecule has 1 amide bonds. The predicted octanol–water partition coefficient (Wildman–Crippen LogP) is 4.95. The standard InChI is InChI=1S/C21H22N2O2S/c1-14-13-26-20(22-14)23-19(25)21(2,3)18(15-8-5-4-6-9-15)16-10-7-11-17(24)12-16/h4-13,18,24H,1-3H3,(H,22,23,25). The molecule has 4 nitrogen and oxygen atoms in total. The van der Waals surface area contributed by atoms with Crippen LogP contribution >= 0.6 is 11.3 Å². The number of aryl methyl sites for hydroxylation is 1. The molecule has 0 aliphatic heterocycles. The zero-order valence-corrected chi connectivity index (χ0v) is 15.9. The highest BCUT2D eigenvalue weighted by atomic mass is 32.1. The van der Waals surface area contributed by atoms with E-state index >= 15 is 0 Å². The van der Waals surface area contributed by atoms with Crippen LogP contribution in [0.3, 0.4) is 0 Å². The number of nitrogens with one attached hydrogen (secondary N) is 1. The lowest BCUT2D eigenvalue weighted by Crippen LogP contribution is -2.37. The number of amides is 1. The second kappa shape index (κ2) is 7.30. The van der Waals surface area contributed by atoms with Crippen molar-refractivity contribution in [2.24, 2.45) is 5.41 Å². The zero-order chi connectivity index (χ0) is 18.7. The summed E-state index contributed by atoms with van der Waals surface area (Å²) in [6.07, 6.45) is 0. The molecule has 134 valence electrons. The lowest BCUT2D eigenvalue weighted by Gasteiger charge is -2.33. The number of thiazole rings is 1. The number of benzene rings is 2. The Kier molecular flexibility index (Phi) is 5.09. The predicted molar refractivity (Wildman–Crippen MR) is 106 cm³/mol. The van der Waals surface area contributed by atoms with E-state index in [1.165, 1.54) is 11.3 Å². The summed E-state index contributed by atoms with van der Waals surface area (Å²) in [6.45, 7) is 5.74. The fourth-order valence-corrected chi connectivity index (χ4v) is 3.86. The van der Waals surface area contributed by atoms with Gasteiger partial charge in [0.1, 0.15) is 5.75 Å². The third kappa shape index (κ3) is 3.78. The van der Waals surface area contributed by atoms with Crippen molar-refractivity contribution in [3.05, 3.63) is 76.8 Å². The van der Waals surface area contributed by atoms with Crippen LogP contribution in [0.25, 0.3) is 0 Å². The number of aromatic hydroxyl groups is 1. The smallest absolute Gasteiger partial charge is 0.232 e. The van der Waals surface area contributed by atoms with Crippen molar-refractivity contribution in [1.82, 2.24) is 4.98 Å². The van der Waals surface area contributed by atoms with E-state index in [4.69, 9.17) is 0 Å². The summed E-state index contributed by atoms with van der Waals surface area (Å²) < 4.78 is 0. The van der Waals surface area contributed by atoms with Crippen LogP contribution in [-0.2, 0) is 4.79 Å². The summed E-state index contributed by atoms with van der Waals surface area (Å²) in [6, 6.07) is 17.0. The van der Waals surface area contributed by atoms with Crippen LogP contribution in [0.15, 0.2) is 60.0 Å². The van der Waals surface area contributed by atoms with Gasteiger partial charge in [0.15, 0.2) is 5.13 Å². The molecule has 0 aliphatic rings. The highest BCUT2D eigenvalue weighted by Crippen LogP contribution is 2.42. The molecular weight excluding hydrogens is 344 g/mol. The van der Waals surface area contributed by atoms with Gasteiger partial charge >= 0.3 is 0 Å². The van der Waals surface area contributed by atoms with E-state index in [0.29, 0.717) is 5.13 Å². The van der Waals surface area contributed by atoms with Gasteiger partial charge in [0.05, 0.1) is 11.1 Å². The summed E-state index contributed by atoms with van der Waals surface area (Å²) in [5.41, 5.74) is 2.05. The lowest BCUT2D eigenvalue weighted by molar-refractivity contribution is -0.124. The fourth-order valence-electron chi connectivity index (χ4n) is 3.18. The third-order valence-corrected chi connectivity index (χ3v) is 5.36. The van der Waals surface area contributed by atoms with Gasteiger partial charge in [-0.1, -0.05) is 56.3 Å². The molecule has 0 saturated carbocycles. The quantitative estimate of drug-likeness (QED) is 0.671. The van der Waals surface area contributed by atoms with Crippen LogP contribution in [0.2, 0.25) is 0 Å². The number of rotatable bonds is 5. The highest BCUT2D eigenvalue weighted by Gasteiger charge is 2.39. The van der Waals surface area contributed by atoms with E-state index < -0.39 is 5.41 Å². The van der Waals surface area contributed by atoms with Crippen molar-refractivity contribution in [3.8, 4) is 5.75 Å². The maximum atomic E-state index is 13.1. The van der Waals surface area contributed by atoms with Crippen molar-refractivity contribution < 1.29 is 9.90 Å². The number of hydrogen-bond donors (Lipinski definition) is 2. The average molecular weight is 366 g/mol. The Morgan fingerprint density at radius 3 is 2.42 bits per heavy atom. The number of carbonyl (C=O) groups excluding carboxylic acids is 1. The molecule has 0 fully saturated rings. The van der Waals surface area contributed by atoms with Crippen LogP contribution < -0.4 is 5.32 Å². The Hall–Kier alpha value is -2.66. The summed E-state index contributed by atoms with van der Waals surface area (Å²) in [4.78, 5) is 17.4. The van der Waals surface area contributed by atoms with Gasteiger partial charge in [-0.15, -0.1) is 11.3 Å². The Morgan fingerprint density at radius 1 is 1.12 bits per heavy atom. The van der Waals surface area contributed by atoms with Crippen LogP contribution in [0.4, 0.5) is 5.13 Å². The topological polar surface area (TPSA) is 62.2 Å². The first-order valence-electron chi connectivity index (χ1n) is 8.45. The fraction of sp³-hybridized carbons (Fsp3) is 0.238. The molecule has 3 rings (SSSR count). The third-order valence-electron chi connectivity index (χ3n) is 4.48. The Balaban J connectivity index is 2.00.